The van der Waals surface area contributed by atoms with Crippen LogP contribution in [0.15, 0.2) is 0 Å². The fourth-order valence-electron chi connectivity index (χ4n) is 2.22. The van der Waals surface area contributed by atoms with Crippen LogP contribution in [-0.4, -0.2) is 140 Å². The smallest absolute Gasteiger partial charge is 0.317 e. The standard InChI is InChI=1S/C14H23N3O10.Fe.H3N.2H2O/c18-10(19)5-15(1-3-16(6-11(20)21)7-12(22)23)2-4-17(8-13(24)25)9-14(26)27;;;;/h1-9H2,(H,18,19)(H,20,21)(H,22,23)(H,24,25)(H,26,27);;1H3;2*1H2. The molecule has 12 N–H and O–H groups in total. The maximum absolute atomic E-state index is 11.0. The van der Waals surface area contributed by atoms with E-state index >= 15 is 0 Å². The van der Waals surface area contributed by atoms with E-state index in [1.807, 2.05) is 0 Å². The average molecular weight is 502 g/mol. The summed E-state index contributed by atoms with van der Waals surface area (Å²) in [5.41, 5.74) is 0. The first-order valence-electron chi connectivity index (χ1n) is 7.75. The zero-order chi connectivity index (χ0) is 21.0. The van der Waals surface area contributed by atoms with E-state index in [0.29, 0.717) is 0 Å². The van der Waals surface area contributed by atoms with Crippen molar-refractivity contribution in [2.75, 3.05) is 58.9 Å². The first-order chi connectivity index (χ1) is 12.5. The van der Waals surface area contributed by atoms with Crippen molar-refractivity contribution in [3.63, 3.8) is 0 Å². The summed E-state index contributed by atoms with van der Waals surface area (Å²) >= 11 is 0. The number of nitrogens with zero attached hydrogens (tertiary/aromatic N) is 3. The van der Waals surface area contributed by atoms with Crippen LogP contribution in [-0.2, 0) is 41.0 Å². The summed E-state index contributed by atoms with van der Waals surface area (Å²) in [5, 5.41) is 44.1. The molecule has 0 atom stereocenters. The molecule has 0 unspecified atom stereocenters. The zero-order valence-electron chi connectivity index (χ0n) is 16.5. The summed E-state index contributed by atoms with van der Waals surface area (Å²) < 4.78 is 0. The number of hydrogen-bond acceptors (Lipinski definition) is 9. The SMILES string of the molecule is N.O.O.O=C(O)CN(CCN(CC(=O)O)CC(=O)O)CCN(CC(=O)O)CC(=O)O.[Fe]. The van der Waals surface area contributed by atoms with Crippen LogP contribution in [0.5, 0.6) is 0 Å². The quantitative estimate of drug-likeness (QED) is 0.109. The van der Waals surface area contributed by atoms with Gasteiger partial charge >= 0.3 is 29.8 Å². The molecule has 0 spiro atoms. The van der Waals surface area contributed by atoms with E-state index in [-0.39, 0.29) is 60.4 Å². The van der Waals surface area contributed by atoms with Crippen LogP contribution in [0.2, 0.25) is 0 Å². The molecule has 0 aromatic heterocycles. The summed E-state index contributed by atoms with van der Waals surface area (Å²) in [7, 11) is 0. The van der Waals surface area contributed by atoms with Crippen molar-refractivity contribution >= 4 is 29.8 Å². The van der Waals surface area contributed by atoms with Gasteiger partial charge in [-0.2, -0.15) is 0 Å². The molecule has 0 amide bonds. The normalized spacial score (nSPS) is 9.65. The zero-order valence-corrected chi connectivity index (χ0v) is 17.6. The third-order valence-electron chi connectivity index (χ3n) is 3.26. The van der Waals surface area contributed by atoms with Gasteiger partial charge in [-0.05, 0) is 0 Å². The molecule has 0 bridgehead atoms. The number of carboxylic acid groups (broad SMARTS) is 5. The molecule has 0 aliphatic heterocycles. The summed E-state index contributed by atoms with van der Waals surface area (Å²) in [6.07, 6.45) is 0. The van der Waals surface area contributed by atoms with Gasteiger partial charge in [-0.15, -0.1) is 0 Å². The maximum Gasteiger partial charge on any atom is 0.317 e. The van der Waals surface area contributed by atoms with Crippen molar-refractivity contribution in [3.05, 3.63) is 0 Å². The predicted molar refractivity (Wildman–Crippen MR) is 99.7 cm³/mol. The number of aliphatic carboxylic acids is 5. The number of carbonyl (C=O) groups is 5. The van der Waals surface area contributed by atoms with Crippen molar-refractivity contribution in [1.82, 2.24) is 20.9 Å². The molecule has 0 saturated heterocycles. The molecule has 31 heavy (non-hydrogen) atoms. The van der Waals surface area contributed by atoms with Gasteiger partial charge in [-0.3, -0.25) is 38.7 Å². The van der Waals surface area contributed by atoms with E-state index in [1.165, 1.54) is 4.90 Å². The first-order valence-corrected chi connectivity index (χ1v) is 7.75. The van der Waals surface area contributed by atoms with Gasteiger partial charge in [0.1, 0.15) is 0 Å². The van der Waals surface area contributed by atoms with Gasteiger partial charge in [0.25, 0.3) is 0 Å². The molecule has 0 aromatic carbocycles. The van der Waals surface area contributed by atoms with Crippen LogP contribution in [0, 0.1) is 0 Å². The molecule has 0 fully saturated rings. The van der Waals surface area contributed by atoms with Gasteiger partial charge in [-0.25, -0.2) is 0 Å². The maximum atomic E-state index is 11.0. The Kier molecular flexibility index (Phi) is 26.4. The van der Waals surface area contributed by atoms with Crippen LogP contribution in [0.3, 0.4) is 0 Å². The summed E-state index contributed by atoms with van der Waals surface area (Å²) in [4.78, 5) is 57.6. The Morgan fingerprint density at radius 1 is 0.452 bits per heavy atom. The molecular weight excluding hydrogens is 472 g/mol. The van der Waals surface area contributed by atoms with Gasteiger partial charge in [0.05, 0.1) is 32.7 Å². The summed E-state index contributed by atoms with van der Waals surface area (Å²) in [6.45, 7) is -2.74. The molecule has 0 aliphatic carbocycles. The Labute approximate surface area is 187 Å². The van der Waals surface area contributed by atoms with Crippen molar-refractivity contribution in [3.8, 4) is 0 Å². The fraction of sp³-hybridized carbons (Fsp3) is 0.643. The fourth-order valence-corrected chi connectivity index (χ4v) is 2.22. The monoisotopic (exact) mass is 502 g/mol. The third-order valence-corrected chi connectivity index (χ3v) is 3.26. The van der Waals surface area contributed by atoms with E-state index < -0.39 is 62.6 Å². The van der Waals surface area contributed by atoms with Gasteiger partial charge in [0, 0.05) is 43.2 Å². The minimum Gasteiger partial charge on any atom is -0.480 e. The molecule has 0 radical (unpaired) electrons. The molecule has 0 aliphatic rings. The van der Waals surface area contributed by atoms with Gasteiger partial charge < -0.3 is 42.6 Å². The molecule has 0 saturated carbocycles. The minimum absolute atomic E-state index is 0. The van der Waals surface area contributed by atoms with Crippen LogP contribution in [0.1, 0.15) is 0 Å². The number of hydrogen-bond donors (Lipinski definition) is 6. The second-order valence-corrected chi connectivity index (χ2v) is 5.67. The molecule has 0 heterocycles. The Morgan fingerprint density at radius 3 is 0.806 bits per heavy atom. The van der Waals surface area contributed by atoms with Crippen molar-refractivity contribution < 1.29 is 77.5 Å². The Morgan fingerprint density at radius 2 is 0.613 bits per heavy atom. The largest absolute Gasteiger partial charge is 0.480 e. The minimum atomic E-state index is -1.24. The Balaban J connectivity index is -0.000000563. The summed E-state index contributed by atoms with van der Waals surface area (Å²) in [6, 6.07) is 0. The predicted octanol–water partition coefficient (Wildman–Crippen LogP) is -4.17. The van der Waals surface area contributed by atoms with E-state index in [9.17, 15) is 24.0 Å². The molecule has 186 valence electrons. The number of carboxylic acids is 5. The van der Waals surface area contributed by atoms with E-state index in [4.69, 9.17) is 25.5 Å². The van der Waals surface area contributed by atoms with Crippen molar-refractivity contribution in [1.29, 1.82) is 0 Å². The van der Waals surface area contributed by atoms with E-state index in [2.05, 4.69) is 0 Å². The van der Waals surface area contributed by atoms with Crippen molar-refractivity contribution in [2.24, 2.45) is 0 Å². The third kappa shape index (κ3) is 23.8. The number of rotatable bonds is 16. The van der Waals surface area contributed by atoms with E-state index in [0.717, 1.165) is 9.80 Å². The second-order valence-electron chi connectivity index (χ2n) is 5.67. The van der Waals surface area contributed by atoms with Gasteiger partial charge in [0.15, 0.2) is 0 Å². The Hall–Kier alpha value is -2.37. The van der Waals surface area contributed by atoms with Crippen LogP contribution in [0.4, 0.5) is 0 Å². The van der Waals surface area contributed by atoms with Crippen molar-refractivity contribution in [2.45, 2.75) is 0 Å². The molecule has 0 aromatic rings. The molecular formula is C14H30FeN4O12. The van der Waals surface area contributed by atoms with Gasteiger partial charge in [-0.1, -0.05) is 0 Å². The first kappa shape index (κ1) is 39.1. The average Bonchev–Trinajstić information content (AvgIpc) is 2.46. The molecule has 17 heteroatoms. The molecule has 16 nitrogen and oxygen atoms in total. The van der Waals surface area contributed by atoms with E-state index in [1.54, 1.807) is 0 Å². The topological polar surface area (TPSA) is 294 Å². The second kappa shape index (κ2) is 20.9. The van der Waals surface area contributed by atoms with Crippen LogP contribution >= 0.6 is 0 Å². The van der Waals surface area contributed by atoms with Crippen LogP contribution in [0.25, 0.3) is 0 Å². The summed E-state index contributed by atoms with van der Waals surface area (Å²) in [5.74, 6) is -6.16. The van der Waals surface area contributed by atoms with Gasteiger partial charge in [0.2, 0.25) is 0 Å². The van der Waals surface area contributed by atoms with Crippen LogP contribution < -0.4 is 6.15 Å². The Bertz CT molecular complexity index is 493. The molecule has 0 rings (SSSR count).